The van der Waals surface area contributed by atoms with Crippen molar-refractivity contribution in [3.63, 3.8) is 0 Å². The quantitative estimate of drug-likeness (QED) is 0.476. The van der Waals surface area contributed by atoms with E-state index in [2.05, 4.69) is 5.32 Å². The highest BCUT2D eigenvalue weighted by atomic mass is 19.2. The van der Waals surface area contributed by atoms with Crippen LogP contribution < -0.4 is 10.2 Å². The van der Waals surface area contributed by atoms with Gasteiger partial charge in [0, 0.05) is 25.7 Å². The van der Waals surface area contributed by atoms with Crippen molar-refractivity contribution in [3.05, 3.63) is 29.1 Å². The van der Waals surface area contributed by atoms with E-state index in [0.717, 1.165) is 4.90 Å². The maximum absolute atomic E-state index is 13.5. The van der Waals surface area contributed by atoms with Crippen LogP contribution in [0.3, 0.4) is 0 Å². The van der Waals surface area contributed by atoms with Gasteiger partial charge in [0.25, 0.3) is 0 Å². The number of anilines is 1. The van der Waals surface area contributed by atoms with Gasteiger partial charge in [-0.3, -0.25) is 0 Å². The molecule has 1 aromatic rings. The molecular weight excluding hydrogens is 255 g/mol. The molecular formula is C11H11F5N2. The molecule has 0 aromatic heterocycles. The minimum Gasteiger partial charge on any atom is -0.364 e. The van der Waals surface area contributed by atoms with E-state index in [0.29, 0.717) is 6.54 Å². The van der Waals surface area contributed by atoms with Crippen LogP contribution in [-0.4, -0.2) is 25.7 Å². The van der Waals surface area contributed by atoms with Crippen molar-refractivity contribution >= 4 is 5.69 Å². The number of nitrogens with zero attached hydrogens (tertiary/aromatic N) is 1. The van der Waals surface area contributed by atoms with E-state index in [1.807, 2.05) is 0 Å². The molecule has 1 aromatic carbocycles. The summed E-state index contributed by atoms with van der Waals surface area (Å²) < 4.78 is 66.0. The first kappa shape index (κ1) is 13.1. The summed E-state index contributed by atoms with van der Waals surface area (Å²) in [6.07, 6.45) is 0. The standard InChI is InChI=1S/C11H11F5N2/c1-5-4-18(3-2-17-5)11-9(15)7(13)6(12)8(14)10(11)16/h5,17H,2-4H2,1H3. The maximum Gasteiger partial charge on any atom is 0.200 e. The first-order chi connectivity index (χ1) is 8.43. The van der Waals surface area contributed by atoms with Crippen LogP contribution in [0.1, 0.15) is 6.92 Å². The van der Waals surface area contributed by atoms with Gasteiger partial charge in [-0.1, -0.05) is 0 Å². The molecule has 1 fully saturated rings. The summed E-state index contributed by atoms with van der Waals surface area (Å²) in [5.74, 6) is -9.50. The largest absolute Gasteiger partial charge is 0.364 e. The molecule has 1 heterocycles. The number of benzene rings is 1. The molecule has 0 saturated carbocycles. The first-order valence-corrected chi connectivity index (χ1v) is 5.43. The van der Waals surface area contributed by atoms with Crippen molar-refractivity contribution in [1.29, 1.82) is 0 Å². The second-order valence-electron chi connectivity index (χ2n) is 4.22. The molecule has 1 unspecified atom stereocenters. The fourth-order valence-corrected chi connectivity index (χ4v) is 2.01. The number of hydrogen-bond donors (Lipinski definition) is 1. The molecule has 0 bridgehead atoms. The molecule has 1 aliphatic heterocycles. The SMILES string of the molecule is CC1CN(c2c(F)c(F)c(F)c(F)c2F)CCN1. The fraction of sp³-hybridized carbons (Fsp3) is 0.455. The summed E-state index contributed by atoms with van der Waals surface area (Å²) in [5.41, 5.74) is -0.847. The molecule has 2 nitrogen and oxygen atoms in total. The van der Waals surface area contributed by atoms with Crippen molar-refractivity contribution < 1.29 is 22.0 Å². The Morgan fingerprint density at radius 2 is 1.44 bits per heavy atom. The van der Waals surface area contributed by atoms with E-state index in [1.54, 1.807) is 6.92 Å². The average Bonchev–Trinajstić information content (AvgIpc) is 2.34. The van der Waals surface area contributed by atoms with Crippen molar-refractivity contribution in [3.8, 4) is 0 Å². The molecule has 0 spiro atoms. The molecule has 0 amide bonds. The number of rotatable bonds is 1. The van der Waals surface area contributed by atoms with E-state index in [9.17, 15) is 22.0 Å². The lowest BCUT2D eigenvalue weighted by Gasteiger charge is -2.34. The third kappa shape index (κ3) is 2.03. The second-order valence-corrected chi connectivity index (χ2v) is 4.22. The number of nitrogens with one attached hydrogen (secondary N) is 1. The molecule has 7 heteroatoms. The van der Waals surface area contributed by atoms with Crippen molar-refractivity contribution in [2.45, 2.75) is 13.0 Å². The minimum absolute atomic E-state index is 0.0891. The smallest absolute Gasteiger partial charge is 0.200 e. The normalized spacial score (nSPS) is 20.3. The van der Waals surface area contributed by atoms with Crippen LogP contribution in [-0.2, 0) is 0 Å². The van der Waals surface area contributed by atoms with Crippen LogP contribution in [0.2, 0.25) is 0 Å². The first-order valence-electron chi connectivity index (χ1n) is 5.43. The number of hydrogen-bond acceptors (Lipinski definition) is 2. The molecule has 1 aliphatic rings. The van der Waals surface area contributed by atoms with Crippen LogP contribution in [0, 0.1) is 29.1 Å². The highest BCUT2D eigenvalue weighted by molar-refractivity contribution is 5.51. The topological polar surface area (TPSA) is 15.3 Å². The molecule has 2 rings (SSSR count). The summed E-state index contributed by atoms with van der Waals surface area (Å²) in [7, 11) is 0. The van der Waals surface area contributed by atoms with Crippen molar-refractivity contribution in [2.75, 3.05) is 24.5 Å². The van der Waals surface area contributed by atoms with Crippen LogP contribution in [0.25, 0.3) is 0 Å². The molecule has 0 aliphatic carbocycles. The van der Waals surface area contributed by atoms with E-state index in [-0.39, 0.29) is 19.1 Å². The number of piperazine rings is 1. The number of halogens is 5. The molecule has 100 valence electrons. The van der Waals surface area contributed by atoms with Gasteiger partial charge in [0.1, 0.15) is 5.69 Å². The predicted octanol–water partition coefficient (Wildman–Crippen LogP) is 2.18. The second kappa shape index (κ2) is 4.72. The summed E-state index contributed by atoms with van der Waals surface area (Å²) >= 11 is 0. The van der Waals surface area contributed by atoms with Crippen LogP contribution in [0.4, 0.5) is 27.6 Å². The van der Waals surface area contributed by atoms with Gasteiger partial charge in [-0.25, -0.2) is 22.0 Å². The van der Waals surface area contributed by atoms with E-state index >= 15 is 0 Å². The summed E-state index contributed by atoms with van der Waals surface area (Å²) in [6.45, 7) is 2.54. The Balaban J connectivity index is 2.50. The van der Waals surface area contributed by atoms with Crippen LogP contribution >= 0.6 is 0 Å². The third-order valence-electron chi connectivity index (χ3n) is 2.87. The molecule has 0 radical (unpaired) electrons. The van der Waals surface area contributed by atoms with E-state index in [1.165, 1.54) is 0 Å². The van der Waals surface area contributed by atoms with Gasteiger partial charge in [-0.05, 0) is 6.92 Å². The average molecular weight is 266 g/mol. The van der Waals surface area contributed by atoms with E-state index < -0.39 is 34.8 Å². The zero-order valence-electron chi connectivity index (χ0n) is 9.54. The minimum atomic E-state index is -2.13. The Kier molecular flexibility index (Phi) is 3.43. The highest BCUT2D eigenvalue weighted by Gasteiger charge is 2.30. The van der Waals surface area contributed by atoms with Gasteiger partial charge in [-0.15, -0.1) is 0 Å². The molecule has 1 saturated heterocycles. The fourth-order valence-electron chi connectivity index (χ4n) is 2.01. The summed E-state index contributed by atoms with van der Waals surface area (Å²) in [4.78, 5) is 1.16. The van der Waals surface area contributed by atoms with Gasteiger partial charge in [-0.2, -0.15) is 0 Å². The Morgan fingerprint density at radius 1 is 0.944 bits per heavy atom. The lowest BCUT2D eigenvalue weighted by Crippen LogP contribution is -2.50. The Labute approximate surface area is 100 Å². The molecule has 1 atom stereocenters. The zero-order chi connectivity index (χ0) is 13.4. The van der Waals surface area contributed by atoms with Crippen molar-refractivity contribution in [1.82, 2.24) is 5.32 Å². The Morgan fingerprint density at radius 3 is 1.94 bits per heavy atom. The van der Waals surface area contributed by atoms with Gasteiger partial charge in [0.2, 0.25) is 5.82 Å². The summed E-state index contributed by atoms with van der Waals surface area (Å²) in [6, 6.07) is -0.0891. The van der Waals surface area contributed by atoms with Crippen LogP contribution in [0.15, 0.2) is 0 Å². The van der Waals surface area contributed by atoms with Gasteiger partial charge < -0.3 is 10.2 Å². The maximum atomic E-state index is 13.5. The predicted molar refractivity (Wildman–Crippen MR) is 55.9 cm³/mol. The Bertz CT molecular complexity index is 448. The van der Waals surface area contributed by atoms with Gasteiger partial charge in [0.15, 0.2) is 23.3 Å². The molecule has 1 N–H and O–H groups in total. The van der Waals surface area contributed by atoms with Gasteiger partial charge >= 0.3 is 0 Å². The lowest BCUT2D eigenvalue weighted by molar-refractivity contribution is 0.373. The molecule has 18 heavy (non-hydrogen) atoms. The summed E-state index contributed by atoms with van der Waals surface area (Å²) in [5, 5.41) is 3.01. The Hall–Kier alpha value is -1.37. The van der Waals surface area contributed by atoms with E-state index in [4.69, 9.17) is 0 Å². The van der Waals surface area contributed by atoms with Gasteiger partial charge in [0.05, 0.1) is 0 Å². The third-order valence-corrected chi connectivity index (χ3v) is 2.87. The highest BCUT2D eigenvalue weighted by Crippen LogP contribution is 2.30. The zero-order valence-corrected chi connectivity index (χ0v) is 9.54. The lowest BCUT2D eigenvalue weighted by atomic mass is 10.1. The van der Waals surface area contributed by atoms with Crippen LogP contribution in [0.5, 0.6) is 0 Å². The van der Waals surface area contributed by atoms with Crippen molar-refractivity contribution in [2.24, 2.45) is 0 Å². The monoisotopic (exact) mass is 266 g/mol.